The van der Waals surface area contributed by atoms with Crippen LogP contribution in [0.1, 0.15) is 19.4 Å². The number of aromatic amines is 1. The molecule has 0 fully saturated rings. The fourth-order valence-electron chi connectivity index (χ4n) is 2.01. The molecule has 3 N–H and O–H groups in total. The average Bonchev–Trinajstić information content (AvgIpc) is 2.64. The minimum atomic E-state index is -0.406. The van der Waals surface area contributed by atoms with Crippen LogP contribution in [0.3, 0.4) is 0 Å². The van der Waals surface area contributed by atoms with Gasteiger partial charge in [0, 0.05) is 0 Å². The van der Waals surface area contributed by atoms with Crippen LogP contribution in [-0.2, 0) is 6.42 Å². The number of hydrogen-bond acceptors (Lipinski definition) is 3. The van der Waals surface area contributed by atoms with E-state index in [1.165, 1.54) is 0 Å². The summed E-state index contributed by atoms with van der Waals surface area (Å²) in [5.74, 6) is 0.600. The lowest BCUT2D eigenvalue weighted by molar-refractivity contribution is 0.392. The van der Waals surface area contributed by atoms with Gasteiger partial charge in [-0.3, -0.25) is 4.98 Å². The Morgan fingerprint density at radius 1 is 1.41 bits per heavy atom. The van der Waals surface area contributed by atoms with Crippen LogP contribution in [-0.4, -0.2) is 11.5 Å². The summed E-state index contributed by atoms with van der Waals surface area (Å²) in [6, 6.07) is 5.81. The summed E-state index contributed by atoms with van der Waals surface area (Å²) in [4.78, 5) is 13.7. The molecular weight excluding hydrogens is 216 g/mol. The van der Waals surface area contributed by atoms with Crippen LogP contribution < -0.4 is 11.5 Å². The normalized spacial score (nSPS) is 13.4. The Bertz CT molecular complexity index is 554. The number of hydrogen-bond donors (Lipinski definition) is 2. The number of fused-ring (bicyclic) bond motifs is 1. The average molecular weight is 234 g/mol. The third kappa shape index (κ3) is 2.58. The van der Waals surface area contributed by atoms with Gasteiger partial charge in [0.2, 0.25) is 0 Å². The van der Waals surface area contributed by atoms with Gasteiger partial charge in [0.15, 0.2) is 5.58 Å². The molecule has 0 saturated heterocycles. The molecule has 0 aliphatic heterocycles. The van der Waals surface area contributed by atoms with Crippen molar-refractivity contribution in [2.24, 2.45) is 17.6 Å². The lowest BCUT2D eigenvalue weighted by Gasteiger charge is -2.18. The third-order valence-corrected chi connectivity index (χ3v) is 3.23. The van der Waals surface area contributed by atoms with Crippen LogP contribution in [0.4, 0.5) is 0 Å². The maximum absolute atomic E-state index is 11.0. The van der Waals surface area contributed by atoms with E-state index in [0.29, 0.717) is 24.0 Å². The highest BCUT2D eigenvalue weighted by Crippen LogP contribution is 2.19. The topological polar surface area (TPSA) is 72.0 Å². The van der Waals surface area contributed by atoms with Crippen molar-refractivity contribution in [1.82, 2.24) is 4.98 Å². The van der Waals surface area contributed by atoms with E-state index in [4.69, 9.17) is 10.2 Å². The van der Waals surface area contributed by atoms with Crippen LogP contribution in [0.25, 0.3) is 11.1 Å². The van der Waals surface area contributed by atoms with Crippen LogP contribution in [0.5, 0.6) is 0 Å². The van der Waals surface area contributed by atoms with E-state index in [1.54, 1.807) is 0 Å². The summed E-state index contributed by atoms with van der Waals surface area (Å²) >= 11 is 0. The Hall–Kier alpha value is -1.55. The zero-order valence-corrected chi connectivity index (χ0v) is 10.2. The number of H-pyrrole nitrogens is 1. The molecule has 0 amide bonds. The van der Waals surface area contributed by atoms with Gasteiger partial charge in [-0.15, -0.1) is 0 Å². The summed E-state index contributed by atoms with van der Waals surface area (Å²) in [5, 5.41) is 0. The second-order valence-corrected chi connectivity index (χ2v) is 4.79. The lowest BCUT2D eigenvalue weighted by atomic mass is 9.89. The van der Waals surface area contributed by atoms with Gasteiger partial charge in [-0.1, -0.05) is 19.9 Å². The van der Waals surface area contributed by atoms with Crippen LogP contribution in [0, 0.1) is 11.8 Å². The Morgan fingerprint density at radius 2 is 2.18 bits per heavy atom. The minimum absolute atomic E-state index is 0.406. The van der Waals surface area contributed by atoms with Crippen LogP contribution >= 0.6 is 0 Å². The molecule has 0 saturated carbocycles. The number of nitrogens with one attached hydrogen (secondary N) is 1. The number of rotatable bonds is 4. The van der Waals surface area contributed by atoms with Crippen molar-refractivity contribution in [2.75, 3.05) is 6.54 Å². The quantitative estimate of drug-likeness (QED) is 0.848. The van der Waals surface area contributed by atoms with E-state index in [-0.39, 0.29) is 0 Å². The van der Waals surface area contributed by atoms with Crippen LogP contribution in [0.15, 0.2) is 27.4 Å². The highest BCUT2D eigenvalue weighted by molar-refractivity contribution is 5.72. The van der Waals surface area contributed by atoms with Gasteiger partial charge in [0.25, 0.3) is 0 Å². The Kier molecular flexibility index (Phi) is 3.33. The second-order valence-electron chi connectivity index (χ2n) is 4.79. The lowest BCUT2D eigenvalue weighted by Crippen LogP contribution is -2.22. The first-order valence-corrected chi connectivity index (χ1v) is 5.92. The Balaban J connectivity index is 2.26. The molecular formula is C13H18N2O2. The number of benzene rings is 1. The van der Waals surface area contributed by atoms with Gasteiger partial charge in [-0.05, 0) is 42.5 Å². The van der Waals surface area contributed by atoms with E-state index in [2.05, 4.69) is 18.8 Å². The molecule has 1 unspecified atom stereocenters. The van der Waals surface area contributed by atoms with Crippen molar-refractivity contribution in [3.05, 3.63) is 34.3 Å². The molecule has 0 spiro atoms. The smallest absolute Gasteiger partial charge is 0.408 e. The largest absolute Gasteiger partial charge is 0.417 e. The highest BCUT2D eigenvalue weighted by atomic mass is 16.4. The summed E-state index contributed by atoms with van der Waals surface area (Å²) in [6.07, 6.45) is 0.916. The molecule has 0 bridgehead atoms. The van der Waals surface area contributed by atoms with Gasteiger partial charge < -0.3 is 10.2 Å². The maximum Gasteiger partial charge on any atom is 0.417 e. The molecule has 1 aromatic heterocycles. The summed E-state index contributed by atoms with van der Waals surface area (Å²) in [6.45, 7) is 5.02. The van der Waals surface area contributed by atoms with Crippen molar-refractivity contribution in [2.45, 2.75) is 20.3 Å². The molecule has 1 heterocycles. The van der Waals surface area contributed by atoms with Crippen molar-refractivity contribution >= 4 is 11.1 Å². The number of nitrogens with two attached hydrogens (primary N) is 1. The van der Waals surface area contributed by atoms with Crippen molar-refractivity contribution in [1.29, 1.82) is 0 Å². The molecule has 1 aromatic carbocycles. The van der Waals surface area contributed by atoms with Gasteiger partial charge in [0.05, 0.1) is 5.52 Å². The van der Waals surface area contributed by atoms with Crippen molar-refractivity contribution in [3.8, 4) is 0 Å². The van der Waals surface area contributed by atoms with Crippen molar-refractivity contribution in [3.63, 3.8) is 0 Å². The summed E-state index contributed by atoms with van der Waals surface area (Å²) in [5.41, 5.74) is 8.28. The molecule has 2 aromatic rings. The molecule has 0 aliphatic carbocycles. The Morgan fingerprint density at radius 3 is 2.82 bits per heavy atom. The highest BCUT2D eigenvalue weighted by Gasteiger charge is 2.13. The van der Waals surface area contributed by atoms with Gasteiger partial charge in [-0.25, -0.2) is 4.79 Å². The molecule has 0 radical (unpaired) electrons. The maximum atomic E-state index is 11.0. The molecule has 4 nitrogen and oxygen atoms in total. The zero-order valence-electron chi connectivity index (χ0n) is 10.2. The molecule has 17 heavy (non-hydrogen) atoms. The van der Waals surface area contributed by atoms with E-state index in [9.17, 15) is 4.79 Å². The van der Waals surface area contributed by atoms with E-state index >= 15 is 0 Å². The van der Waals surface area contributed by atoms with Crippen LogP contribution in [0.2, 0.25) is 0 Å². The Labute approximate surface area is 99.8 Å². The standard InChI is InChI=1S/C13H18N2O2/c1-8(2)10(7-14)5-9-3-4-11-12(6-9)17-13(16)15-11/h3-4,6,8,10H,5,7,14H2,1-2H3,(H,15,16). The first-order valence-electron chi connectivity index (χ1n) is 5.92. The fraction of sp³-hybridized carbons (Fsp3) is 0.462. The number of oxazole rings is 1. The van der Waals surface area contributed by atoms with Gasteiger partial charge in [-0.2, -0.15) is 0 Å². The molecule has 1 atom stereocenters. The summed E-state index contributed by atoms with van der Waals surface area (Å²) in [7, 11) is 0. The molecule has 92 valence electrons. The first kappa shape index (κ1) is 11.9. The molecule has 2 rings (SSSR count). The SMILES string of the molecule is CC(C)C(CN)Cc1ccc2[nH]c(=O)oc2c1. The molecule has 0 aliphatic rings. The molecule has 4 heteroatoms. The zero-order chi connectivity index (χ0) is 12.4. The van der Waals surface area contributed by atoms with Gasteiger partial charge in [0.1, 0.15) is 0 Å². The first-order chi connectivity index (χ1) is 8.10. The number of aromatic nitrogens is 1. The van der Waals surface area contributed by atoms with E-state index in [1.807, 2.05) is 18.2 Å². The monoisotopic (exact) mass is 234 g/mol. The summed E-state index contributed by atoms with van der Waals surface area (Å²) < 4.78 is 5.04. The van der Waals surface area contributed by atoms with Crippen molar-refractivity contribution < 1.29 is 4.42 Å². The van der Waals surface area contributed by atoms with E-state index in [0.717, 1.165) is 17.5 Å². The third-order valence-electron chi connectivity index (χ3n) is 3.23. The predicted octanol–water partition coefficient (Wildman–Crippen LogP) is 1.89. The fourth-order valence-corrected chi connectivity index (χ4v) is 2.01. The second kappa shape index (κ2) is 4.75. The van der Waals surface area contributed by atoms with Gasteiger partial charge >= 0.3 is 5.76 Å². The predicted molar refractivity (Wildman–Crippen MR) is 67.9 cm³/mol. The minimum Gasteiger partial charge on any atom is -0.408 e. The van der Waals surface area contributed by atoms with E-state index < -0.39 is 5.76 Å².